The van der Waals surface area contributed by atoms with Crippen molar-refractivity contribution in [2.45, 2.75) is 56.9 Å². The molecule has 0 aliphatic carbocycles. The van der Waals surface area contributed by atoms with Gasteiger partial charge in [0.05, 0.1) is 12.7 Å². The summed E-state index contributed by atoms with van der Waals surface area (Å²) in [7, 11) is -5.67. The highest BCUT2D eigenvalue weighted by atomic mass is 32.2. The molecule has 0 saturated heterocycles. The van der Waals surface area contributed by atoms with Crippen LogP contribution in [0.1, 0.15) is 37.3 Å². The summed E-state index contributed by atoms with van der Waals surface area (Å²) in [6.45, 7) is 8.05. The average Bonchev–Trinajstić information content (AvgIpc) is 2.89. The number of aliphatic hydroxyl groups excluding tert-OH is 2. The van der Waals surface area contributed by atoms with Crippen LogP contribution in [0.2, 0.25) is 0 Å². The number of hydrogen-bond acceptors (Lipinski definition) is 5. The zero-order valence-electron chi connectivity index (χ0n) is 21.6. The molecule has 0 bridgehead atoms. The zero-order valence-corrected chi connectivity index (χ0v) is 22.4. The van der Waals surface area contributed by atoms with Crippen molar-refractivity contribution in [2.24, 2.45) is 5.92 Å². The maximum Gasteiger partial charge on any atom is 0.511 e. The monoisotopic (exact) mass is 554 g/mol. The van der Waals surface area contributed by atoms with Gasteiger partial charge in [0.1, 0.15) is 0 Å². The van der Waals surface area contributed by atoms with Gasteiger partial charge >= 0.3 is 15.5 Å². The van der Waals surface area contributed by atoms with Crippen molar-refractivity contribution in [1.82, 2.24) is 9.62 Å². The van der Waals surface area contributed by atoms with E-state index in [0.29, 0.717) is 34.8 Å². The molecule has 3 atom stereocenters. The number of nitrogens with zero attached hydrogens (tertiary/aromatic N) is 1. The summed E-state index contributed by atoms with van der Waals surface area (Å²) in [6, 6.07) is 13.8. The summed E-state index contributed by atoms with van der Waals surface area (Å²) in [5.74, 6) is -0.740. The van der Waals surface area contributed by atoms with E-state index in [4.69, 9.17) is 0 Å². The van der Waals surface area contributed by atoms with Crippen LogP contribution in [0, 0.1) is 5.92 Å². The first-order valence-corrected chi connectivity index (χ1v) is 13.9. The minimum Gasteiger partial charge on any atom is -0.395 e. The number of rotatable bonds is 16. The van der Waals surface area contributed by atoms with Crippen molar-refractivity contribution >= 4 is 10.0 Å². The van der Waals surface area contributed by atoms with Gasteiger partial charge in [0.2, 0.25) is 0 Å². The van der Waals surface area contributed by atoms with E-state index in [1.807, 2.05) is 18.2 Å². The molecule has 0 spiro atoms. The molecule has 0 aliphatic rings. The molecule has 0 heterocycles. The molecule has 2 aromatic carbocycles. The van der Waals surface area contributed by atoms with Crippen molar-refractivity contribution in [2.75, 3.05) is 13.2 Å². The number of sulfonamides is 1. The Morgan fingerprint density at radius 3 is 2.16 bits per heavy atom. The summed E-state index contributed by atoms with van der Waals surface area (Å²) >= 11 is 0. The Kier molecular flexibility index (Phi) is 12.2. The minimum absolute atomic E-state index is 0.0914. The highest BCUT2D eigenvalue weighted by Crippen LogP contribution is 2.33. The molecule has 38 heavy (non-hydrogen) atoms. The fourth-order valence-electron chi connectivity index (χ4n) is 4.14. The smallest absolute Gasteiger partial charge is 0.395 e. The number of nitrogens with one attached hydrogen (secondary N) is 1. The number of alkyl halides is 3. The molecule has 0 radical (unpaired) electrons. The van der Waals surface area contributed by atoms with Crippen LogP contribution in [-0.4, -0.2) is 53.7 Å². The second-order valence-corrected chi connectivity index (χ2v) is 11.2. The predicted octanol–water partition coefficient (Wildman–Crippen LogP) is 5.00. The second-order valence-electron chi connectivity index (χ2n) is 9.25. The van der Waals surface area contributed by atoms with E-state index in [0.717, 1.165) is 11.1 Å². The maximum atomic E-state index is 13.7. The summed E-state index contributed by atoms with van der Waals surface area (Å²) in [4.78, 5) is 0. The van der Waals surface area contributed by atoms with Gasteiger partial charge < -0.3 is 15.5 Å². The molecule has 2 unspecified atom stereocenters. The third-order valence-corrected chi connectivity index (χ3v) is 7.91. The van der Waals surface area contributed by atoms with E-state index in [1.54, 1.807) is 42.5 Å². The van der Waals surface area contributed by atoms with Gasteiger partial charge in [0, 0.05) is 25.7 Å². The van der Waals surface area contributed by atoms with Gasteiger partial charge in [-0.05, 0) is 47.4 Å². The first kappa shape index (κ1) is 31.7. The minimum atomic E-state index is -5.67. The Bertz CT molecular complexity index is 1150. The number of aliphatic hydroxyl groups is 2. The number of halogens is 3. The van der Waals surface area contributed by atoms with E-state index in [9.17, 15) is 31.8 Å². The Labute approximate surface area is 223 Å². The predicted molar refractivity (Wildman–Crippen MR) is 144 cm³/mol. The lowest BCUT2D eigenvalue weighted by atomic mass is 9.94. The molecular weight excluding hydrogens is 517 g/mol. The van der Waals surface area contributed by atoms with E-state index < -0.39 is 40.6 Å². The Hall–Kier alpha value is -2.50. The molecule has 0 amide bonds. The molecular formula is C28H37F3N2O4S. The summed E-state index contributed by atoms with van der Waals surface area (Å²) in [5.41, 5.74) is -2.93. The second kappa shape index (κ2) is 14.6. The number of allylic oxidation sites excluding steroid dienone is 1. The van der Waals surface area contributed by atoms with Crippen LogP contribution in [0.4, 0.5) is 13.2 Å². The first-order chi connectivity index (χ1) is 18.0. The lowest BCUT2D eigenvalue weighted by Gasteiger charge is -2.29. The Morgan fingerprint density at radius 2 is 1.61 bits per heavy atom. The highest BCUT2D eigenvalue weighted by molar-refractivity contribution is 7.89. The van der Waals surface area contributed by atoms with Crippen molar-refractivity contribution in [3.63, 3.8) is 0 Å². The Balaban J connectivity index is 2.45. The van der Waals surface area contributed by atoms with Crippen molar-refractivity contribution in [3.05, 3.63) is 85.0 Å². The lowest BCUT2D eigenvalue weighted by Crippen LogP contribution is -2.44. The van der Waals surface area contributed by atoms with Gasteiger partial charge in [-0.1, -0.05) is 67.6 Å². The van der Waals surface area contributed by atoms with Crippen LogP contribution in [0.3, 0.4) is 0 Å². The summed E-state index contributed by atoms with van der Waals surface area (Å²) in [5, 5.41) is 23.2. The van der Waals surface area contributed by atoms with Crippen molar-refractivity contribution < 1.29 is 31.8 Å². The molecule has 0 aliphatic heterocycles. The maximum absolute atomic E-state index is 13.7. The van der Waals surface area contributed by atoms with E-state index in [1.165, 1.54) is 6.92 Å². The Morgan fingerprint density at radius 1 is 1.03 bits per heavy atom. The molecule has 0 fully saturated rings. The van der Waals surface area contributed by atoms with Crippen LogP contribution >= 0.6 is 0 Å². The van der Waals surface area contributed by atoms with Gasteiger partial charge in [0.15, 0.2) is 0 Å². The molecule has 10 heteroatoms. The number of benzene rings is 2. The van der Waals surface area contributed by atoms with Crippen LogP contribution in [0.15, 0.2) is 73.8 Å². The molecule has 0 aromatic heterocycles. The van der Waals surface area contributed by atoms with Gasteiger partial charge in [-0.25, -0.2) is 8.42 Å². The zero-order chi connectivity index (χ0) is 28.3. The fourth-order valence-corrected chi connectivity index (χ4v) is 5.17. The molecule has 6 nitrogen and oxygen atoms in total. The molecule has 2 rings (SSSR count). The van der Waals surface area contributed by atoms with Crippen LogP contribution in [0.5, 0.6) is 0 Å². The lowest BCUT2D eigenvalue weighted by molar-refractivity contribution is -0.0500. The van der Waals surface area contributed by atoms with Crippen LogP contribution in [0.25, 0.3) is 11.1 Å². The standard InChI is InChI=1S/C28H37F3N2O4S/c1-4-6-16-27(35)21(3)18-33(38(36,37)28(29,30)31)19-23-13-8-10-15-26(23)25-14-9-7-12-22(25)17-32-24(20-34)11-5-2/h4-5,7-10,12-15,21,24,27,32,34-35H,1-2,6,11,16-20H2,3H3/t21?,24?,27-/m1/s1. The molecule has 0 saturated carbocycles. The van der Waals surface area contributed by atoms with E-state index in [2.05, 4.69) is 18.5 Å². The molecule has 210 valence electrons. The average molecular weight is 555 g/mol. The topological polar surface area (TPSA) is 89.9 Å². The largest absolute Gasteiger partial charge is 0.511 e. The van der Waals surface area contributed by atoms with Crippen molar-refractivity contribution in [3.8, 4) is 11.1 Å². The van der Waals surface area contributed by atoms with Crippen LogP contribution < -0.4 is 5.32 Å². The van der Waals surface area contributed by atoms with Gasteiger partial charge in [-0.15, -0.1) is 13.2 Å². The summed E-state index contributed by atoms with van der Waals surface area (Å²) in [6.07, 6.45) is 3.56. The highest BCUT2D eigenvalue weighted by Gasteiger charge is 2.50. The van der Waals surface area contributed by atoms with E-state index >= 15 is 0 Å². The van der Waals surface area contributed by atoms with Crippen LogP contribution in [-0.2, 0) is 23.1 Å². The molecule has 3 N–H and O–H groups in total. The van der Waals surface area contributed by atoms with Gasteiger partial charge in [-0.3, -0.25) is 0 Å². The van der Waals surface area contributed by atoms with Gasteiger partial charge in [0.25, 0.3) is 0 Å². The summed E-state index contributed by atoms with van der Waals surface area (Å²) < 4.78 is 66.5. The van der Waals surface area contributed by atoms with E-state index in [-0.39, 0.29) is 19.1 Å². The quantitative estimate of drug-likeness (QED) is 0.254. The third kappa shape index (κ3) is 8.51. The third-order valence-electron chi connectivity index (χ3n) is 6.37. The SMILES string of the molecule is C=CCC[C@@H](O)C(C)CN(Cc1ccccc1-c1ccccc1CNC(CO)CC=C)S(=O)(=O)C(F)(F)F. The fraction of sp³-hybridized carbons (Fsp3) is 0.429. The normalized spacial score (nSPS) is 14.7. The van der Waals surface area contributed by atoms with Crippen molar-refractivity contribution in [1.29, 1.82) is 0 Å². The molecule has 2 aromatic rings. The van der Waals surface area contributed by atoms with Gasteiger partial charge in [-0.2, -0.15) is 17.5 Å². The first-order valence-electron chi connectivity index (χ1n) is 12.4. The number of hydrogen-bond donors (Lipinski definition) is 3.